The van der Waals surface area contributed by atoms with Crippen LogP contribution in [0.25, 0.3) is 10.9 Å². The Morgan fingerprint density at radius 2 is 1.71 bits per heavy atom. The Hall–Kier alpha value is -3.79. The summed E-state index contributed by atoms with van der Waals surface area (Å²) in [6.07, 6.45) is 1.80. The molecule has 1 aliphatic rings. The molecule has 10 heteroatoms. The van der Waals surface area contributed by atoms with Gasteiger partial charge in [0.15, 0.2) is 11.5 Å². The van der Waals surface area contributed by atoms with Crippen molar-refractivity contribution in [1.29, 1.82) is 0 Å². The number of aromatic nitrogens is 1. The largest absolute Gasteiger partial charge is 0.493 e. The number of non-ortho nitro benzene ring substituents is 1. The van der Waals surface area contributed by atoms with E-state index in [2.05, 4.69) is 4.90 Å². The van der Waals surface area contributed by atoms with Crippen molar-refractivity contribution in [3.63, 3.8) is 0 Å². The summed E-state index contributed by atoms with van der Waals surface area (Å²) in [5.41, 5.74) is 1.84. The fraction of sp³-hybridized carbons (Fsp3) is 0.375. The first kappa shape index (κ1) is 23.4. The zero-order chi connectivity index (χ0) is 24.2. The fourth-order valence-corrected chi connectivity index (χ4v) is 4.37. The number of ether oxygens (including phenoxy) is 3. The Balaban J connectivity index is 1.37. The molecule has 0 N–H and O–H groups in total. The van der Waals surface area contributed by atoms with Crippen molar-refractivity contribution in [3.05, 3.63) is 58.3 Å². The van der Waals surface area contributed by atoms with Crippen LogP contribution < -0.4 is 14.2 Å². The number of hydrogen-bond acceptors (Lipinski definition) is 7. The van der Waals surface area contributed by atoms with E-state index in [1.54, 1.807) is 39.7 Å². The number of rotatable bonds is 8. The molecule has 2 aromatic carbocycles. The first-order chi connectivity index (χ1) is 16.4. The molecule has 0 aliphatic carbocycles. The van der Waals surface area contributed by atoms with Crippen molar-refractivity contribution in [2.45, 2.75) is 13.1 Å². The summed E-state index contributed by atoms with van der Waals surface area (Å²) in [5.74, 6) is 1.87. The van der Waals surface area contributed by atoms with Crippen LogP contribution in [0.5, 0.6) is 17.2 Å². The van der Waals surface area contributed by atoms with Gasteiger partial charge in [0.2, 0.25) is 11.7 Å². The first-order valence-electron chi connectivity index (χ1n) is 11.0. The fourth-order valence-electron chi connectivity index (χ4n) is 4.37. The molecule has 1 fully saturated rings. The zero-order valence-electron chi connectivity index (χ0n) is 19.5. The number of methoxy groups -OCH3 is 3. The number of hydrogen-bond donors (Lipinski definition) is 0. The molecule has 34 heavy (non-hydrogen) atoms. The Morgan fingerprint density at radius 1 is 0.971 bits per heavy atom. The number of amides is 1. The van der Waals surface area contributed by atoms with Crippen molar-refractivity contribution >= 4 is 22.5 Å². The predicted molar refractivity (Wildman–Crippen MR) is 127 cm³/mol. The van der Waals surface area contributed by atoms with Gasteiger partial charge in [0.25, 0.3) is 5.69 Å². The lowest BCUT2D eigenvalue weighted by Crippen LogP contribution is -2.49. The molecule has 1 saturated heterocycles. The number of nitrogens with zero attached hydrogens (tertiary/aromatic N) is 4. The average Bonchev–Trinajstić information content (AvgIpc) is 3.25. The maximum atomic E-state index is 12.9. The summed E-state index contributed by atoms with van der Waals surface area (Å²) < 4.78 is 18.3. The molecule has 0 radical (unpaired) electrons. The van der Waals surface area contributed by atoms with Crippen LogP contribution in [0.2, 0.25) is 0 Å². The lowest BCUT2D eigenvalue weighted by Gasteiger charge is -2.35. The summed E-state index contributed by atoms with van der Waals surface area (Å²) in [6.45, 7) is 3.60. The summed E-state index contributed by atoms with van der Waals surface area (Å²) in [6, 6.07) is 10.3. The van der Waals surface area contributed by atoms with Gasteiger partial charge in [0.1, 0.15) is 6.54 Å². The quantitative estimate of drug-likeness (QED) is 0.370. The highest BCUT2D eigenvalue weighted by Crippen LogP contribution is 2.40. The number of fused-ring (bicyclic) bond motifs is 1. The molecule has 2 heterocycles. The van der Waals surface area contributed by atoms with E-state index in [1.807, 2.05) is 21.6 Å². The van der Waals surface area contributed by atoms with Crippen LogP contribution >= 0.6 is 0 Å². The van der Waals surface area contributed by atoms with Gasteiger partial charge in [-0.15, -0.1) is 0 Å². The topological polar surface area (TPSA) is 99.3 Å². The third-order valence-corrected chi connectivity index (χ3v) is 6.18. The highest BCUT2D eigenvalue weighted by Gasteiger charge is 2.24. The van der Waals surface area contributed by atoms with E-state index in [9.17, 15) is 14.9 Å². The number of benzene rings is 2. The highest BCUT2D eigenvalue weighted by atomic mass is 16.6. The van der Waals surface area contributed by atoms with Crippen LogP contribution in [0.15, 0.2) is 42.6 Å². The van der Waals surface area contributed by atoms with Gasteiger partial charge < -0.3 is 23.7 Å². The van der Waals surface area contributed by atoms with Gasteiger partial charge >= 0.3 is 0 Å². The van der Waals surface area contributed by atoms with Crippen LogP contribution in [-0.2, 0) is 17.9 Å². The van der Waals surface area contributed by atoms with Crippen LogP contribution in [0.3, 0.4) is 0 Å². The van der Waals surface area contributed by atoms with E-state index in [0.717, 1.165) is 29.6 Å². The molecule has 1 amide bonds. The number of carbonyl (C=O) groups excluding carboxylic acids is 1. The van der Waals surface area contributed by atoms with Crippen molar-refractivity contribution in [1.82, 2.24) is 14.4 Å². The maximum Gasteiger partial charge on any atom is 0.270 e. The van der Waals surface area contributed by atoms with Crippen molar-refractivity contribution < 1.29 is 23.9 Å². The van der Waals surface area contributed by atoms with Gasteiger partial charge in [-0.3, -0.25) is 19.8 Å². The lowest BCUT2D eigenvalue weighted by molar-refractivity contribution is -0.384. The van der Waals surface area contributed by atoms with Gasteiger partial charge in [-0.05, 0) is 18.2 Å². The van der Waals surface area contributed by atoms with Crippen LogP contribution in [0.4, 0.5) is 5.69 Å². The minimum absolute atomic E-state index is 0.0270. The molecule has 0 spiro atoms. The van der Waals surface area contributed by atoms with E-state index in [1.165, 1.54) is 12.1 Å². The summed E-state index contributed by atoms with van der Waals surface area (Å²) >= 11 is 0. The highest BCUT2D eigenvalue weighted by molar-refractivity contribution is 5.85. The molecule has 3 aromatic rings. The Labute approximate surface area is 197 Å². The maximum absolute atomic E-state index is 12.9. The van der Waals surface area contributed by atoms with E-state index >= 15 is 0 Å². The monoisotopic (exact) mass is 468 g/mol. The normalized spacial score (nSPS) is 14.3. The SMILES string of the molecule is COc1ccc(CN2CCN(C(=O)Cn3ccc4cc([N+](=O)[O-])ccc43)CC2)c(OC)c1OC. The Bertz CT molecular complexity index is 1200. The second-order valence-corrected chi connectivity index (χ2v) is 8.09. The Morgan fingerprint density at radius 3 is 2.35 bits per heavy atom. The third-order valence-electron chi connectivity index (χ3n) is 6.18. The number of piperazine rings is 1. The minimum Gasteiger partial charge on any atom is -0.493 e. The average molecular weight is 469 g/mol. The summed E-state index contributed by atoms with van der Waals surface area (Å²) in [7, 11) is 4.79. The van der Waals surface area contributed by atoms with Gasteiger partial charge in [-0.1, -0.05) is 6.07 Å². The number of nitro groups is 1. The minimum atomic E-state index is -0.418. The number of nitro benzene ring substituents is 1. The van der Waals surface area contributed by atoms with Crippen molar-refractivity contribution in [2.24, 2.45) is 0 Å². The van der Waals surface area contributed by atoms with Crippen molar-refractivity contribution in [2.75, 3.05) is 47.5 Å². The first-order valence-corrected chi connectivity index (χ1v) is 11.0. The van der Waals surface area contributed by atoms with Crippen LogP contribution in [0.1, 0.15) is 5.56 Å². The van der Waals surface area contributed by atoms with Gasteiger partial charge in [-0.2, -0.15) is 0 Å². The molecule has 1 aromatic heterocycles. The molecular weight excluding hydrogens is 440 g/mol. The lowest BCUT2D eigenvalue weighted by atomic mass is 10.1. The summed E-state index contributed by atoms with van der Waals surface area (Å²) in [4.78, 5) is 27.6. The molecule has 0 bridgehead atoms. The van der Waals surface area contributed by atoms with Crippen LogP contribution in [-0.4, -0.2) is 72.7 Å². The molecule has 0 saturated carbocycles. The van der Waals surface area contributed by atoms with Gasteiger partial charge in [-0.25, -0.2) is 0 Å². The second-order valence-electron chi connectivity index (χ2n) is 8.09. The van der Waals surface area contributed by atoms with E-state index in [0.29, 0.717) is 36.9 Å². The molecular formula is C24H28N4O6. The molecule has 1 aliphatic heterocycles. The van der Waals surface area contributed by atoms with E-state index in [4.69, 9.17) is 14.2 Å². The van der Waals surface area contributed by atoms with E-state index < -0.39 is 4.92 Å². The third kappa shape index (κ3) is 4.62. The predicted octanol–water partition coefficient (Wildman–Crippen LogP) is 2.92. The molecule has 10 nitrogen and oxygen atoms in total. The molecule has 0 atom stereocenters. The van der Waals surface area contributed by atoms with Gasteiger partial charge in [0, 0.05) is 67.5 Å². The number of carbonyl (C=O) groups is 1. The van der Waals surface area contributed by atoms with Gasteiger partial charge in [0.05, 0.1) is 26.3 Å². The Kier molecular flexibility index (Phi) is 6.87. The molecule has 180 valence electrons. The molecule has 4 rings (SSSR count). The zero-order valence-corrected chi connectivity index (χ0v) is 19.5. The second kappa shape index (κ2) is 10.0. The van der Waals surface area contributed by atoms with E-state index in [-0.39, 0.29) is 18.1 Å². The van der Waals surface area contributed by atoms with Crippen LogP contribution in [0, 0.1) is 10.1 Å². The van der Waals surface area contributed by atoms with Crippen molar-refractivity contribution in [3.8, 4) is 17.2 Å². The molecule has 0 unspecified atom stereocenters. The smallest absolute Gasteiger partial charge is 0.270 e. The standard InChI is InChI=1S/C24H28N4O6/c1-32-21-7-4-18(23(33-2)24(21)34-3)15-25-10-12-26(13-11-25)22(29)16-27-9-8-17-14-19(28(30)31)5-6-20(17)27/h4-9,14H,10-13,15-16H2,1-3H3. The summed E-state index contributed by atoms with van der Waals surface area (Å²) in [5, 5.41) is 11.7.